The Balaban J connectivity index is 2.02. The van der Waals surface area contributed by atoms with Crippen LogP contribution in [0.4, 0.5) is 0 Å². The summed E-state index contributed by atoms with van der Waals surface area (Å²) in [5, 5.41) is 17.4. The van der Waals surface area contributed by atoms with Crippen LogP contribution in [0.15, 0.2) is 70.7 Å². The highest BCUT2D eigenvalue weighted by atomic mass is 32.2. The smallest absolute Gasteiger partial charge is 0.196 e. The second-order valence-electron chi connectivity index (χ2n) is 5.09. The van der Waals surface area contributed by atoms with Crippen LogP contribution in [0.1, 0.15) is 5.82 Å². The molecule has 8 heteroatoms. The molecule has 3 rings (SSSR count). The van der Waals surface area contributed by atoms with Crippen LogP contribution in [0.2, 0.25) is 0 Å². The van der Waals surface area contributed by atoms with Crippen LogP contribution in [0.5, 0.6) is 0 Å². The zero-order chi connectivity index (χ0) is 17.7. The number of hydrogen-bond acceptors (Lipinski definition) is 6. The molecule has 0 aliphatic heterocycles. The molecule has 0 N–H and O–H groups in total. The molecule has 0 spiro atoms. The van der Waals surface area contributed by atoms with Crippen molar-refractivity contribution in [1.29, 1.82) is 5.26 Å². The van der Waals surface area contributed by atoms with E-state index in [4.69, 9.17) is 5.26 Å². The SMILES string of the molecule is N#CCSc1nnc(CS(=O)(=O)c2ccccc2)n1-c1ccccc1. The van der Waals surface area contributed by atoms with Crippen molar-refractivity contribution in [2.45, 2.75) is 15.8 Å². The molecule has 0 unspecified atom stereocenters. The molecule has 0 aliphatic carbocycles. The molecule has 0 saturated carbocycles. The van der Waals surface area contributed by atoms with E-state index in [-0.39, 0.29) is 16.4 Å². The molecular formula is C17H14N4O2S2. The lowest BCUT2D eigenvalue weighted by Gasteiger charge is -2.10. The van der Waals surface area contributed by atoms with E-state index in [9.17, 15) is 8.42 Å². The Labute approximate surface area is 150 Å². The normalized spacial score (nSPS) is 11.2. The fraction of sp³-hybridized carbons (Fsp3) is 0.118. The van der Waals surface area contributed by atoms with Crippen molar-refractivity contribution in [3.8, 4) is 11.8 Å². The number of aromatic nitrogens is 3. The van der Waals surface area contributed by atoms with Crippen molar-refractivity contribution in [1.82, 2.24) is 14.8 Å². The van der Waals surface area contributed by atoms with Gasteiger partial charge in [0.05, 0.1) is 16.7 Å². The second-order valence-corrected chi connectivity index (χ2v) is 8.02. The molecular weight excluding hydrogens is 356 g/mol. The zero-order valence-corrected chi connectivity index (χ0v) is 14.7. The molecule has 6 nitrogen and oxygen atoms in total. The summed E-state index contributed by atoms with van der Waals surface area (Å²) in [6.45, 7) is 0. The average molecular weight is 370 g/mol. The van der Waals surface area contributed by atoms with Gasteiger partial charge in [0.25, 0.3) is 0 Å². The van der Waals surface area contributed by atoms with Crippen molar-refractivity contribution in [2.24, 2.45) is 0 Å². The Morgan fingerprint density at radius 1 is 1.00 bits per heavy atom. The first-order valence-corrected chi connectivity index (χ1v) is 10.0. The molecule has 0 fully saturated rings. The second kappa shape index (κ2) is 7.51. The van der Waals surface area contributed by atoms with Gasteiger partial charge in [-0.25, -0.2) is 8.42 Å². The van der Waals surface area contributed by atoms with Crippen molar-refractivity contribution in [2.75, 3.05) is 5.75 Å². The number of hydrogen-bond donors (Lipinski definition) is 0. The molecule has 0 saturated heterocycles. The Morgan fingerprint density at radius 2 is 1.64 bits per heavy atom. The monoisotopic (exact) mass is 370 g/mol. The van der Waals surface area contributed by atoms with Gasteiger partial charge in [-0.15, -0.1) is 10.2 Å². The predicted molar refractivity (Wildman–Crippen MR) is 95.0 cm³/mol. The highest BCUT2D eigenvalue weighted by Gasteiger charge is 2.22. The van der Waals surface area contributed by atoms with Crippen molar-refractivity contribution < 1.29 is 8.42 Å². The molecule has 25 heavy (non-hydrogen) atoms. The van der Waals surface area contributed by atoms with E-state index in [2.05, 4.69) is 10.2 Å². The quantitative estimate of drug-likeness (QED) is 0.620. The number of rotatable bonds is 6. The highest BCUT2D eigenvalue weighted by molar-refractivity contribution is 7.99. The van der Waals surface area contributed by atoms with E-state index in [1.54, 1.807) is 34.9 Å². The van der Waals surface area contributed by atoms with Crippen LogP contribution < -0.4 is 0 Å². The molecule has 0 amide bonds. The number of sulfone groups is 1. The summed E-state index contributed by atoms with van der Waals surface area (Å²) in [6, 6.07) is 19.6. The molecule has 126 valence electrons. The lowest BCUT2D eigenvalue weighted by Crippen LogP contribution is -2.11. The molecule has 1 aromatic heterocycles. The van der Waals surface area contributed by atoms with Gasteiger partial charge in [0, 0.05) is 5.69 Å². The first kappa shape index (κ1) is 17.2. The van der Waals surface area contributed by atoms with Crippen LogP contribution >= 0.6 is 11.8 Å². The number of benzene rings is 2. The third-order valence-electron chi connectivity index (χ3n) is 3.40. The molecule has 3 aromatic rings. The Bertz CT molecular complexity index is 994. The Kier molecular flexibility index (Phi) is 5.16. The summed E-state index contributed by atoms with van der Waals surface area (Å²) in [5.74, 6) is 0.248. The number of nitriles is 1. The summed E-state index contributed by atoms with van der Waals surface area (Å²) in [6.07, 6.45) is 0. The average Bonchev–Trinajstić information content (AvgIpc) is 3.03. The van der Waals surface area contributed by atoms with E-state index in [0.717, 1.165) is 5.69 Å². The molecule has 1 heterocycles. The molecule has 0 bridgehead atoms. The summed E-state index contributed by atoms with van der Waals surface area (Å²) in [4.78, 5) is 0.240. The summed E-state index contributed by atoms with van der Waals surface area (Å²) in [7, 11) is -3.55. The minimum absolute atomic E-state index is 0.205. The summed E-state index contributed by atoms with van der Waals surface area (Å²) in [5.41, 5.74) is 0.756. The van der Waals surface area contributed by atoms with E-state index in [0.29, 0.717) is 11.0 Å². The van der Waals surface area contributed by atoms with Gasteiger partial charge in [0.15, 0.2) is 20.8 Å². The largest absolute Gasteiger partial charge is 0.273 e. The minimum Gasteiger partial charge on any atom is -0.273 e. The van der Waals surface area contributed by atoms with E-state index >= 15 is 0 Å². The summed E-state index contributed by atoms with van der Waals surface area (Å²) >= 11 is 1.22. The molecule has 0 aliphatic rings. The number of thioether (sulfide) groups is 1. The minimum atomic E-state index is -3.55. The van der Waals surface area contributed by atoms with Crippen molar-refractivity contribution in [3.63, 3.8) is 0 Å². The first-order valence-electron chi connectivity index (χ1n) is 7.39. The first-order chi connectivity index (χ1) is 12.1. The van der Waals surface area contributed by atoms with Gasteiger partial charge >= 0.3 is 0 Å². The fourth-order valence-corrected chi connectivity index (χ4v) is 4.20. The lowest BCUT2D eigenvalue weighted by atomic mass is 10.3. The van der Waals surface area contributed by atoms with Crippen LogP contribution in [0.25, 0.3) is 5.69 Å². The zero-order valence-electron chi connectivity index (χ0n) is 13.1. The maximum absolute atomic E-state index is 12.7. The van der Waals surface area contributed by atoms with E-state index in [1.165, 1.54) is 11.8 Å². The van der Waals surface area contributed by atoms with Crippen molar-refractivity contribution in [3.05, 3.63) is 66.5 Å². The Hall–Kier alpha value is -2.63. The van der Waals surface area contributed by atoms with Crippen molar-refractivity contribution >= 4 is 21.6 Å². The fourth-order valence-electron chi connectivity index (χ4n) is 2.30. The van der Waals surface area contributed by atoms with Crippen LogP contribution in [-0.2, 0) is 15.6 Å². The van der Waals surface area contributed by atoms with Gasteiger partial charge in [-0.05, 0) is 24.3 Å². The van der Waals surface area contributed by atoms with Gasteiger partial charge in [0.2, 0.25) is 0 Å². The molecule has 0 radical (unpaired) electrons. The summed E-state index contributed by atoms with van der Waals surface area (Å²) < 4.78 is 27.0. The predicted octanol–water partition coefficient (Wildman–Crippen LogP) is 2.86. The molecule has 2 aromatic carbocycles. The third-order valence-corrected chi connectivity index (χ3v) is 5.83. The van der Waals surface area contributed by atoms with Crippen LogP contribution in [-0.4, -0.2) is 28.9 Å². The topological polar surface area (TPSA) is 88.6 Å². The van der Waals surface area contributed by atoms with Gasteiger partial charge in [-0.3, -0.25) is 4.57 Å². The van der Waals surface area contributed by atoms with Crippen LogP contribution in [0, 0.1) is 11.3 Å². The maximum atomic E-state index is 12.7. The standard InChI is InChI=1S/C17H14N4O2S2/c18-11-12-24-17-20-19-16(21(17)14-7-3-1-4-8-14)13-25(22,23)15-9-5-2-6-10-15/h1-10H,12-13H2. The van der Waals surface area contributed by atoms with Crippen LogP contribution in [0.3, 0.4) is 0 Å². The van der Waals surface area contributed by atoms with Gasteiger partial charge in [0.1, 0.15) is 5.75 Å². The highest BCUT2D eigenvalue weighted by Crippen LogP contribution is 2.24. The molecule has 0 atom stereocenters. The van der Waals surface area contributed by atoms with Gasteiger partial charge in [-0.2, -0.15) is 5.26 Å². The van der Waals surface area contributed by atoms with Gasteiger partial charge < -0.3 is 0 Å². The Morgan fingerprint density at radius 3 is 2.28 bits per heavy atom. The lowest BCUT2D eigenvalue weighted by molar-refractivity contribution is 0.593. The third kappa shape index (κ3) is 3.90. The van der Waals surface area contributed by atoms with E-state index in [1.807, 2.05) is 36.4 Å². The maximum Gasteiger partial charge on any atom is 0.196 e. The van der Waals surface area contributed by atoms with E-state index < -0.39 is 9.84 Å². The number of para-hydroxylation sites is 1. The van der Waals surface area contributed by atoms with Gasteiger partial charge in [-0.1, -0.05) is 48.2 Å². The number of nitrogens with zero attached hydrogens (tertiary/aromatic N) is 4.